The van der Waals surface area contributed by atoms with E-state index in [4.69, 9.17) is 9.88 Å². The first-order valence-corrected chi connectivity index (χ1v) is 7.62. The zero-order valence-corrected chi connectivity index (χ0v) is 11.9. The normalized spacial score (nSPS) is 11.7. The van der Waals surface area contributed by atoms with Gasteiger partial charge in [0, 0.05) is 6.61 Å². The van der Waals surface area contributed by atoms with E-state index in [1.165, 1.54) is 12.1 Å². The summed E-state index contributed by atoms with van der Waals surface area (Å²) in [6.07, 6.45) is 1.79. The fourth-order valence-corrected chi connectivity index (χ4v) is 2.18. The maximum atomic E-state index is 11.1. The van der Waals surface area contributed by atoms with Gasteiger partial charge in [-0.05, 0) is 24.6 Å². The molecule has 2 rings (SSSR count). The highest BCUT2D eigenvalue weighted by atomic mass is 32.2. The van der Waals surface area contributed by atoms with Crippen LogP contribution in [0.5, 0.6) is 0 Å². The fraction of sp³-hybridized carbons (Fsp3) is 0.333. The Hall–Kier alpha value is -1.77. The number of hydrogen-bond donors (Lipinski definition) is 1. The van der Waals surface area contributed by atoms with Crippen LogP contribution in [0.15, 0.2) is 35.4 Å². The van der Waals surface area contributed by atoms with E-state index in [1.807, 2.05) is 6.92 Å². The van der Waals surface area contributed by atoms with Gasteiger partial charge in [-0.2, -0.15) is 0 Å². The van der Waals surface area contributed by atoms with Crippen LogP contribution in [0.3, 0.4) is 0 Å². The summed E-state index contributed by atoms with van der Waals surface area (Å²) in [6.45, 7) is 3.48. The highest BCUT2D eigenvalue weighted by molar-refractivity contribution is 7.89. The molecule has 0 radical (unpaired) electrons. The van der Waals surface area contributed by atoms with Gasteiger partial charge >= 0.3 is 0 Å². The topological polar surface area (TPSA) is 100 Å². The average Bonchev–Trinajstić information content (AvgIpc) is 2.83. The second-order valence-electron chi connectivity index (χ2n) is 4.23. The minimum Gasteiger partial charge on any atom is -0.375 e. The van der Waals surface area contributed by atoms with Crippen molar-refractivity contribution in [3.8, 4) is 0 Å². The van der Waals surface area contributed by atoms with Crippen LogP contribution in [-0.2, 0) is 27.9 Å². The number of ether oxygens (including phenoxy) is 1. The van der Waals surface area contributed by atoms with Gasteiger partial charge in [-0.1, -0.05) is 17.3 Å². The monoisotopic (exact) mass is 296 g/mol. The fourth-order valence-electron chi connectivity index (χ4n) is 1.66. The number of primary sulfonamides is 1. The van der Waals surface area contributed by atoms with E-state index in [0.717, 1.165) is 11.3 Å². The Morgan fingerprint density at radius 1 is 1.30 bits per heavy atom. The molecule has 0 fully saturated rings. The molecule has 0 saturated carbocycles. The number of nitrogens with zero attached hydrogens (tertiary/aromatic N) is 3. The molecular formula is C12H16N4O3S. The van der Waals surface area contributed by atoms with Crippen molar-refractivity contribution in [1.29, 1.82) is 0 Å². The van der Waals surface area contributed by atoms with Crippen molar-refractivity contribution in [2.24, 2.45) is 5.14 Å². The van der Waals surface area contributed by atoms with Crippen LogP contribution >= 0.6 is 0 Å². The molecule has 0 unspecified atom stereocenters. The molecule has 108 valence electrons. The Morgan fingerprint density at radius 3 is 2.60 bits per heavy atom. The van der Waals surface area contributed by atoms with Gasteiger partial charge in [-0.3, -0.25) is 0 Å². The molecule has 0 aliphatic heterocycles. The Morgan fingerprint density at radius 2 is 2.00 bits per heavy atom. The Bertz CT molecular complexity index is 664. The lowest BCUT2D eigenvalue weighted by Gasteiger charge is -2.02. The first-order valence-electron chi connectivity index (χ1n) is 6.07. The molecule has 0 aliphatic carbocycles. The summed E-state index contributed by atoms with van der Waals surface area (Å²) in [5.41, 5.74) is 1.67. The van der Waals surface area contributed by atoms with Gasteiger partial charge in [0.2, 0.25) is 10.0 Å². The van der Waals surface area contributed by atoms with Gasteiger partial charge in [-0.25, -0.2) is 18.2 Å². The third-order valence-corrected chi connectivity index (χ3v) is 3.57. The van der Waals surface area contributed by atoms with E-state index in [0.29, 0.717) is 19.8 Å². The van der Waals surface area contributed by atoms with Crippen LogP contribution in [0, 0.1) is 0 Å². The Kier molecular flexibility index (Phi) is 4.48. The second-order valence-corrected chi connectivity index (χ2v) is 5.79. The van der Waals surface area contributed by atoms with Gasteiger partial charge in [-0.15, -0.1) is 5.10 Å². The highest BCUT2D eigenvalue weighted by Gasteiger charge is 2.07. The quantitative estimate of drug-likeness (QED) is 0.837. The van der Waals surface area contributed by atoms with Crippen molar-refractivity contribution in [1.82, 2.24) is 15.0 Å². The van der Waals surface area contributed by atoms with Gasteiger partial charge in [0.15, 0.2) is 0 Å². The van der Waals surface area contributed by atoms with Crippen molar-refractivity contribution >= 4 is 10.0 Å². The van der Waals surface area contributed by atoms with E-state index < -0.39 is 10.0 Å². The summed E-state index contributed by atoms with van der Waals surface area (Å²) in [4.78, 5) is 0.0943. The summed E-state index contributed by atoms with van der Waals surface area (Å²) in [7, 11) is -3.65. The van der Waals surface area contributed by atoms with Crippen LogP contribution in [0.1, 0.15) is 18.2 Å². The first-order chi connectivity index (χ1) is 9.49. The average molecular weight is 296 g/mol. The van der Waals surface area contributed by atoms with Crippen LogP contribution < -0.4 is 5.14 Å². The summed E-state index contributed by atoms with van der Waals surface area (Å²) in [6, 6.07) is 6.35. The van der Waals surface area contributed by atoms with E-state index in [9.17, 15) is 8.42 Å². The van der Waals surface area contributed by atoms with Crippen LogP contribution in [-0.4, -0.2) is 30.0 Å². The minimum atomic E-state index is -3.65. The van der Waals surface area contributed by atoms with Gasteiger partial charge in [0.05, 0.1) is 24.2 Å². The largest absolute Gasteiger partial charge is 0.375 e. The molecule has 0 spiro atoms. The lowest BCUT2D eigenvalue weighted by Crippen LogP contribution is -2.12. The Labute approximate surface area is 117 Å². The SMILES string of the molecule is CCOCc1cn(Cc2ccc(S(N)(=O)=O)cc2)nn1. The number of sulfonamides is 1. The summed E-state index contributed by atoms with van der Waals surface area (Å²) in [5, 5.41) is 13.0. The van der Waals surface area contributed by atoms with Crippen LogP contribution in [0.2, 0.25) is 0 Å². The van der Waals surface area contributed by atoms with Gasteiger partial charge in [0.1, 0.15) is 5.69 Å². The smallest absolute Gasteiger partial charge is 0.238 e. The zero-order valence-electron chi connectivity index (χ0n) is 11.1. The number of rotatable bonds is 6. The van der Waals surface area contributed by atoms with E-state index in [-0.39, 0.29) is 4.90 Å². The molecule has 0 bridgehead atoms. The molecule has 8 heteroatoms. The van der Waals surface area contributed by atoms with Crippen molar-refractivity contribution in [3.63, 3.8) is 0 Å². The molecular weight excluding hydrogens is 280 g/mol. The standard InChI is InChI=1S/C12H16N4O3S/c1-2-19-9-11-8-16(15-14-11)7-10-3-5-12(6-4-10)20(13,17)18/h3-6,8H,2,7,9H2,1H3,(H2,13,17,18). The molecule has 1 aromatic carbocycles. The van der Waals surface area contributed by atoms with Gasteiger partial charge in [0.25, 0.3) is 0 Å². The lowest BCUT2D eigenvalue weighted by atomic mass is 10.2. The van der Waals surface area contributed by atoms with E-state index in [1.54, 1.807) is 23.0 Å². The molecule has 7 nitrogen and oxygen atoms in total. The first kappa shape index (κ1) is 14.6. The predicted octanol–water partition coefficient (Wildman–Crippen LogP) is 0.510. The van der Waals surface area contributed by atoms with Gasteiger partial charge < -0.3 is 4.74 Å². The third kappa shape index (κ3) is 3.86. The van der Waals surface area contributed by atoms with Crippen molar-refractivity contribution in [3.05, 3.63) is 41.7 Å². The third-order valence-electron chi connectivity index (χ3n) is 2.64. The molecule has 0 atom stereocenters. The summed E-state index contributed by atoms with van der Waals surface area (Å²) < 4.78 is 29.2. The van der Waals surface area contributed by atoms with Crippen molar-refractivity contribution < 1.29 is 13.2 Å². The molecule has 20 heavy (non-hydrogen) atoms. The maximum absolute atomic E-state index is 11.1. The second kappa shape index (κ2) is 6.12. The molecule has 1 heterocycles. The molecule has 1 aromatic heterocycles. The molecule has 2 aromatic rings. The summed E-state index contributed by atoms with van der Waals surface area (Å²) >= 11 is 0. The molecule has 0 saturated heterocycles. The predicted molar refractivity (Wildman–Crippen MR) is 72.3 cm³/mol. The van der Waals surface area contributed by atoms with Crippen molar-refractivity contribution in [2.75, 3.05) is 6.61 Å². The van der Waals surface area contributed by atoms with E-state index >= 15 is 0 Å². The number of hydrogen-bond acceptors (Lipinski definition) is 5. The highest BCUT2D eigenvalue weighted by Crippen LogP contribution is 2.10. The molecule has 0 aliphatic rings. The van der Waals surface area contributed by atoms with Crippen LogP contribution in [0.4, 0.5) is 0 Å². The number of aromatic nitrogens is 3. The lowest BCUT2D eigenvalue weighted by molar-refractivity contribution is 0.131. The van der Waals surface area contributed by atoms with E-state index in [2.05, 4.69) is 10.3 Å². The Balaban J connectivity index is 2.05. The summed E-state index contributed by atoms with van der Waals surface area (Å²) in [5.74, 6) is 0. The zero-order chi connectivity index (χ0) is 14.6. The molecule has 0 amide bonds. The maximum Gasteiger partial charge on any atom is 0.238 e. The minimum absolute atomic E-state index is 0.0943. The molecule has 2 N–H and O–H groups in total. The number of nitrogens with two attached hydrogens (primary N) is 1. The number of benzene rings is 1. The van der Waals surface area contributed by atoms with Crippen molar-refractivity contribution in [2.45, 2.75) is 25.0 Å². The van der Waals surface area contributed by atoms with Crippen LogP contribution in [0.25, 0.3) is 0 Å².